The molecule has 0 atom stereocenters. The largest absolute Gasteiger partial charge is 0.466 e. The summed E-state index contributed by atoms with van der Waals surface area (Å²) in [6.45, 7) is 3.48. The van der Waals surface area contributed by atoms with Crippen LogP contribution in [0.4, 0.5) is 5.69 Å². The molecule has 0 aliphatic carbocycles. The van der Waals surface area contributed by atoms with Crippen molar-refractivity contribution in [1.82, 2.24) is 0 Å². The molecule has 0 aromatic heterocycles. The Morgan fingerprint density at radius 3 is 2.17 bits per heavy atom. The average Bonchev–Trinajstić information content (AvgIpc) is 2.67. The van der Waals surface area contributed by atoms with Crippen LogP contribution in [0, 0.1) is 0 Å². The van der Waals surface area contributed by atoms with Crippen LogP contribution < -0.4 is 4.90 Å². The first-order chi connectivity index (χ1) is 11.8. The van der Waals surface area contributed by atoms with E-state index in [2.05, 4.69) is 46.0 Å². The molecule has 2 aromatic rings. The molecule has 0 amide bonds. The zero-order valence-electron chi connectivity index (χ0n) is 13.8. The van der Waals surface area contributed by atoms with E-state index >= 15 is 0 Å². The summed E-state index contributed by atoms with van der Waals surface area (Å²) < 4.78 is 9.98. The number of anilines is 1. The molecule has 1 heterocycles. The fourth-order valence-electron chi connectivity index (χ4n) is 2.71. The summed E-state index contributed by atoms with van der Waals surface area (Å²) in [5.41, 5.74) is 4.53. The fraction of sp³-hybridized carbons (Fsp3) is 0.250. The summed E-state index contributed by atoms with van der Waals surface area (Å²) in [4.78, 5) is 13.5. The third-order valence-corrected chi connectivity index (χ3v) is 4.10. The molecule has 3 rings (SSSR count). The summed E-state index contributed by atoms with van der Waals surface area (Å²) in [5, 5.41) is 0. The van der Waals surface area contributed by atoms with Gasteiger partial charge in [0.05, 0.1) is 20.3 Å². The minimum atomic E-state index is -0.349. The second-order valence-electron chi connectivity index (χ2n) is 5.62. The highest BCUT2D eigenvalue weighted by atomic mass is 16.5. The fourth-order valence-corrected chi connectivity index (χ4v) is 2.71. The van der Waals surface area contributed by atoms with Gasteiger partial charge in [0, 0.05) is 24.9 Å². The lowest BCUT2D eigenvalue weighted by atomic mass is 10.0. The topological polar surface area (TPSA) is 38.8 Å². The summed E-state index contributed by atoms with van der Waals surface area (Å²) in [6, 6.07) is 16.7. The Morgan fingerprint density at radius 1 is 1.00 bits per heavy atom. The molecule has 4 nitrogen and oxygen atoms in total. The standard InChI is InChI=1S/C20H21NO3/c1-23-20(22)11-4-16-2-5-17(6-3-16)18-7-9-19(10-8-18)21-12-14-24-15-13-21/h2-11H,12-15H2,1H3/b11-4+. The van der Waals surface area contributed by atoms with Crippen LogP contribution in [0.25, 0.3) is 17.2 Å². The van der Waals surface area contributed by atoms with Crippen molar-refractivity contribution in [3.05, 3.63) is 60.2 Å². The summed E-state index contributed by atoms with van der Waals surface area (Å²) >= 11 is 0. The van der Waals surface area contributed by atoms with Crippen LogP contribution in [0.3, 0.4) is 0 Å². The van der Waals surface area contributed by atoms with Gasteiger partial charge in [-0.15, -0.1) is 0 Å². The molecule has 1 saturated heterocycles. The zero-order chi connectivity index (χ0) is 16.8. The lowest BCUT2D eigenvalue weighted by Crippen LogP contribution is -2.36. The van der Waals surface area contributed by atoms with Crippen LogP contribution >= 0.6 is 0 Å². The maximum Gasteiger partial charge on any atom is 0.330 e. The van der Waals surface area contributed by atoms with Gasteiger partial charge >= 0.3 is 5.97 Å². The van der Waals surface area contributed by atoms with E-state index in [4.69, 9.17) is 4.74 Å². The Bertz CT molecular complexity index is 699. The highest BCUT2D eigenvalue weighted by molar-refractivity contribution is 5.87. The van der Waals surface area contributed by atoms with Crippen molar-refractivity contribution in [3.8, 4) is 11.1 Å². The zero-order valence-corrected chi connectivity index (χ0v) is 13.8. The molecule has 0 radical (unpaired) electrons. The molecule has 1 fully saturated rings. The third-order valence-electron chi connectivity index (χ3n) is 4.10. The number of methoxy groups -OCH3 is 1. The number of rotatable bonds is 4. The van der Waals surface area contributed by atoms with Gasteiger partial charge in [-0.2, -0.15) is 0 Å². The molecule has 0 N–H and O–H groups in total. The quantitative estimate of drug-likeness (QED) is 0.639. The van der Waals surface area contributed by atoms with Gasteiger partial charge in [0.1, 0.15) is 0 Å². The van der Waals surface area contributed by atoms with E-state index in [1.807, 2.05) is 12.1 Å². The van der Waals surface area contributed by atoms with Gasteiger partial charge in [-0.25, -0.2) is 4.79 Å². The van der Waals surface area contributed by atoms with Gasteiger partial charge in [0.25, 0.3) is 0 Å². The van der Waals surface area contributed by atoms with Crippen molar-refractivity contribution in [1.29, 1.82) is 0 Å². The maximum absolute atomic E-state index is 11.1. The normalized spacial score (nSPS) is 14.8. The van der Waals surface area contributed by atoms with E-state index < -0.39 is 0 Å². The van der Waals surface area contributed by atoms with E-state index in [0.717, 1.165) is 37.4 Å². The molecule has 124 valence electrons. The van der Waals surface area contributed by atoms with E-state index in [1.54, 1.807) is 6.08 Å². The Morgan fingerprint density at radius 2 is 1.58 bits per heavy atom. The van der Waals surface area contributed by atoms with Gasteiger partial charge in [-0.3, -0.25) is 0 Å². The summed E-state index contributed by atoms with van der Waals surface area (Å²) in [7, 11) is 1.37. The van der Waals surface area contributed by atoms with Crippen molar-refractivity contribution >= 4 is 17.7 Å². The Kier molecular flexibility index (Phi) is 5.29. The predicted molar refractivity (Wildman–Crippen MR) is 96.0 cm³/mol. The maximum atomic E-state index is 11.1. The highest BCUT2D eigenvalue weighted by Gasteiger charge is 2.10. The van der Waals surface area contributed by atoms with Crippen LogP contribution in [-0.4, -0.2) is 39.4 Å². The van der Waals surface area contributed by atoms with Crippen LogP contribution in [0.5, 0.6) is 0 Å². The van der Waals surface area contributed by atoms with E-state index in [-0.39, 0.29) is 5.97 Å². The number of ether oxygens (including phenoxy) is 2. The van der Waals surface area contributed by atoms with Crippen LogP contribution in [0.1, 0.15) is 5.56 Å². The SMILES string of the molecule is COC(=O)/C=C/c1ccc(-c2ccc(N3CCOCC3)cc2)cc1. The number of carbonyl (C=O) groups is 1. The molecule has 24 heavy (non-hydrogen) atoms. The number of morpholine rings is 1. The van der Waals surface area contributed by atoms with Crippen LogP contribution in [-0.2, 0) is 14.3 Å². The monoisotopic (exact) mass is 323 g/mol. The molecular formula is C20H21NO3. The molecular weight excluding hydrogens is 302 g/mol. The van der Waals surface area contributed by atoms with Gasteiger partial charge in [-0.1, -0.05) is 36.4 Å². The lowest BCUT2D eigenvalue weighted by Gasteiger charge is -2.28. The molecule has 4 heteroatoms. The number of hydrogen-bond acceptors (Lipinski definition) is 4. The molecule has 2 aromatic carbocycles. The molecule has 1 aliphatic rings. The second-order valence-corrected chi connectivity index (χ2v) is 5.62. The number of carbonyl (C=O) groups excluding carboxylic acids is 1. The summed E-state index contributed by atoms with van der Waals surface area (Å²) in [5.74, 6) is -0.349. The first-order valence-corrected chi connectivity index (χ1v) is 8.05. The number of nitrogens with zero attached hydrogens (tertiary/aromatic N) is 1. The summed E-state index contributed by atoms with van der Waals surface area (Å²) in [6.07, 6.45) is 3.17. The van der Waals surface area contributed by atoms with E-state index in [9.17, 15) is 4.79 Å². The van der Waals surface area contributed by atoms with Gasteiger partial charge in [-0.05, 0) is 34.9 Å². The minimum absolute atomic E-state index is 0.349. The van der Waals surface area contributed by atoms with Crippen molar-refractivity contribution in [2.24, 2.45) is 0 Å². The van der Waals surface area contributed by atoms with E-state index in [0.29, 0.717) is 0 Å². The molecule has 0 saturated carbocycles. The lowest BCUT2D eigenvalue weighted by molar-refractivity contribution is -0.134. The number of benzene rings is 2. The van der Waals surface area contributed by atoms with Crippen molar-refractivity contribution < 1.29 is 14.3 Å². The van der Waals surface area contributed by atoms with Crippen molar-refractivity contribution in [3.63, 3.8) is 0 Å². The van der Waals surface area contributed by atoms with Crippen molar-refractivity contribution in [2.75, 3.05) is 38.3 Å². The molecule has 0 unspecified atom stereocenters. The Hall–Kier alpha value is -2.59. The van der Waals surface area contributed by atoms with E-state index in [1.165, 1.54) is 24.4 Å². The average molecular weight is 323 g/mol. The van der Waals surface area contributed by atoms with Gasteiger partial charge < -0.3 is 14.4 Å². The smallest absolute Gasteiger partial charge is 0.330 e. The first-order valence-electron chi connectivity index (χ1n) is 8.05. The first kappa shape index (κ1) is 16.3. The molecule has 0 bridgehead atoms. The number of esters is 1. The Balaban J connectivity index is 1.70. The predicted octanol–water partition coefficient (Wildman–Crippen LogP) is 3.38. The minimum Gasteiger partial charge on any atom is -0.466 e. The Labute approximate surface area is 142 Å². The molecule has 0 spiro atoms. The van der Waals surface area contributed by atoms with Crippen LogP contribution in [0.15, 0.2) is 54.6 Å². The third kappa shape index (κ3) is 4.03. The van der Waals surface area contributed by atoms with Crippen LogP contribution in [0.2, 0.25) is 0 Å². The van der Waals surface area contributed by atoms with Crippen molar-refractivity contribution in [2.45, 2.75) is 0 Å². The number of hydrogen-bond donors (Lipinski definition) is 0. The van der Waals surface area contributed by atoms with Gasteiger partial charge in [0.15, 0.2) is 0 Å². The van der Waals surface area contributed by atoms with Gasteiger partial charge in [0.2, 0.25) is 0 Å². The second kappa shape index (κ2) is 7.79. The molecule has 1 aliphatic heterocycles. The highest BCUT2D eigenvalue weighted by Crippen LogP contribution is 2.24.